The van der Waals surface area contributed by atoms with Crippen molar-refractivity contribution in [3.8, 4) is 17.9 Å². The molecule has 0 fully saturated rings. The minimum atomic E-state index is -1.29. The van der Waals surface area contributed by atoms with E-state index in [9.17, 15) is 13.2 Å². The highest BCUT2D eigenvalue weighted by Crippen LogP contribution is 2.12. The first-order valence-electron chi connectivity index (χ1n) is 3.65. The monoisotopic (exact) mass is 195 g/mol. The Labute approximate surface area is 78.8 Å². The predicted octanol–water partition coefficient (Wildman–Crippen LogP) is 2.37. The van der Waals surface area contributed by atoms with Crippen LogP contribution in [0.4, 0.5) is 13.2 Å². The number of hydrogen-bond donors (Lipinski definition) is 0. The van der Waals surface area contributed by atoms with Gasteiger partial charge in [-0.2, -0.15) is 5.26 Å². The van der Waals surface area contributed by atoms with E-state index in [-0.39, 0.29) is 12.0 Å². The maximum Gasteiger partial charge on any atom is 0.174 e. The highest BCUT2D eigenvalue weighted by atomic mass is 19.2. The van der Waals surface area contributed by atoms with E-state index >= 15 is 0 Å². The molecule has 1 rings (SSSR count). The third kappa shape index (κ3) is 2.27. The summed E-state index contributed by atoms with van der Waals surface area (Å²) in [5, 5.41) is 8.13. The number of halogens is 3. The lowest BCUT2D eigenvalue weighted by Gasteiger charge is -1.96. The molecule has 0 unspecified atom stereocenters. The Morgan fingerprint density at radius 1 is 1.21 bits per heavy atom. The van der Waals surface area contributed by atoms with Crippen LogP contribution in [0.3, 0.4) is 0 Å². The molecule has 0 saturated heterocycles. The smallest absolute Gasteiger partial charge is 0.174 e. The molecule has 0 N–H and O–H groups in total. The van der Waals surface area contributed by atoms with Crippen LogP contribution in [0.15, 0.2) is 12.1 Å². The van der Waals surface area contributed by atoms with E-state index in [2.05, 4.69) is 11.8 Å². The van der Waals surface area contributed by atoms with Gasteiger partial charge in [-0.25, -0.2) is 13.2 Å². The lowest BCUT2D eigenvalue weighted by molar-refractivity contribution is 0.492. The Morgan fingerprint density at radius 2 is 1.93 bits per heavy atom. The molecular weight excluding hydrogens is 191 g/mol. The van der Waals surface area contributed by atoms with Crippen molar-refractivity contribution in [2.24, 2.45) is 0 Å². The zero-order valence-electron chi connectivity index (χ0n) is 6.94. The molecule has 0 aliphatic rings. The number of nitriles is 1. The summed E-state index contributed by atoms with van der Waals surface area (Å²) in [5.74, 6) is 1.05. The van der Waals surface area contributed by atoms with E-state index in [4.69, 9.17) is 5.26 Å². The number of nitrogens with zero attached hydrogens (tertiary/aromatic N) is 1. The molecule has 0 radical (unpaired) electrons. The van der Waals surface area contributed by atoms with Crippen molar-refractivity contribution in [3.05, 3.63) is 35.1 Å². The summed E-state index contributed by atoms with van der Waals surface area (Å²) in [5.41, 5.74) is -0.377. The van der Waals surface area contributed by atoms with E-state index in [1.807, 2.05) is 0 Å². The summed E-state index contributed by atoms with van der Waals surface area (Å²) < 4.78 is 38.1. The van der Waals surface area contributed by atoms with E-state index < -0.39 is 17.5 Å². The van der Waals surface area contributed by atoms with Crippen LogP contribution in [-0.4, -0.2) is 0 Å². The van der Waals surface area contributed by atoms with Crippen molar-refractivity contribution in [2.75, 3.05) is 0 Å². The molecule has 0 bridgehead atoms. The molecule has 70 valence electrons. The number of benzene rings is 1. The van der Waals surface area contributed by atoms with Crippen LogP contribution in [0.2, 0.25) is 0 Å². The average Bonchev–Trinajstić information content (AvgIpc) is 2.13. The van der Waals surface area contributed by atoms with Crippen LogP contribution in [0, 0.1) is 40.6 Å². The van der Waals surface area contributed by atoms with Gasteiger partial charge in [0.15, 0.2) is 11.6 Å². The normalized spacial score (nSPS) is 8.71. The van der Waals surface area contributed by atoms with Crippen molar-refractivity contribution < 1.29 is 13.2 Å². The summed E-state index contributed by atoms with van der Waals surface area (Å²) in [6.07, 6.45) is -0.114. The molecule has 0 amide bonds. The van der Waals surface area contributed by atoms with Crippen molar-refractivity contribution in [2.45, 2.75) is 6.42 Å². The van der Waals surface area contributed by atoms with Gasteiger partial charge in [0, 0.05) is 6.07 Å². The van der Waals surface area contributed by atoms with Crippen molar-refractivity contribution in [1.82, 2.24) is 0 Å². The summed E-state index contributed by atoms with van der Waals surface area (Å²) in [6, 6.07) is 2.92. The van der Waals surface area contributed by atoms with Gasteiger partial charge in [0.05, 0.1) is 18.1 Å². The standard InChI is InChI=1S/C10H4F3N/c11-8-5-7(3-1-2-4-14)10(13)9(12)6-8/h5-6H,2H2. The minimum absolute atomic E-state index is 0.114. The van der Waals surface area contributed by atoms with E-state index in [1.165, 1.54) is 0 Å². The van der Waals surface area contributed by atoms with Crippen LogP contribution in [-0.2, 0) is 0 Å². The van der Waals surface area contributed by atoms with Gasteiger partial charge in [0.25, 0.3) is 0 Å². The third-order valence-corrected chi connectivity index (χ3v) is 1.38. The SMILES string of the molecule is N#CCC#Cc1cc(F)cc(F)c1F. The first-order valence-corrected chi connectivity index (χ1v) is 3.65. The maximum atomic E-state index is 12.9. The predicted molar refractivity (Wildman–Crippen MR) is 43.4 cm³/mol. The Kier molecular flexibility index (Phi) is 3.14. The Morgan fingerprint density at radius 3 is 2.57 bits per heavy atom. The van der Waals surface area contributed by atoms with Crippen molar-refractivity contribution in [1.29, 1.82) is 5.26 Å². The molecule has 0 aliphatic carbocycles. The number of rotatable bonds is 0. The molecule has 14 heavy (non-hydrogen) atoms. The number of hydrogen-bond acceptors (Lipinski definition) is 1. The second kappa shape index (κ2) is 4.34. The summed E-state index contributed by atoms with van der Waals surface area (Å²) in [7, 11) is 0. The molecular formula is C10H4F3N. The first kappa shape index (κ1) is 10.1. The molecule has 0 heterocycles. The van der Waals surface area contributed by atoms with E-state index in [0.717, 1.165) is 6.07 Å². The van der Waals surface area contributed by atoms with Gasteiger partial charge < -0.3 is 0 Å². The average molecular weight is 195 g/mol. The van der Waals surface area contributed by atoms with Gasteiger partial charge in [-0.3, -0.25) is 0 Å². The quantitative estimate of drug-likeness (QED) is 0.460. The second-order valence-electron chi connectivity index (χ2n) is 2.39. The highest BCUT2D eigenvalue weighted by Gasteiger charge is 2.08. The van der Waals surface area contributed by atoms with Gasteiger partial charge in [0.1, 0.15) is 5.82 Å². The van der Waals surface area contributed by atoms with Gasteiger partial charge in [0.2, 0.25) is 0 Å². The van der Waals surface area contributed by atoms with Gasteiger partial charge in [-0.05, 0) is 6.07 Å². The lowest BCUT2D eigenvalue weighted by atomic mass is 10.2. The van der Waals surface area contributed by atoms with Crippen LogP contribution in [0.25, 0.3) is 0 Å². The molecule has 4 heteroatoms. The minimum Gasteiger partial charge on any atom is -0.207 e. The van der Waals surface area contributed by atoms with Crippen molar-refractivity contribution >= 4 is 0 Å². The van der Waals surface area contributed by atoms with Gasteiger partial charge in [-0.15, -0.1) is 0 Å². The van der Waals surface area contributed by atoms with Crippen LogP contribution in [0.5, 0.6) is 0 Å². The second-order valence-corrected chi connectivity index (χ2v) is 2.39. The van der Waals surface area contributed by atoms with E-state index in [0.29, 0.717) is 6.07 Å². The molecule has 0 spiro atoms. The van der Waals surface area contributed by atoms with Crippen LogP contribution in [0.1, 0.15) is 12.0 Å². The summed E-state index contributed by atoms with van der Waals surface area (Å²) in [6.45, 7) is 0. The lowest BCUT2D eigenvalue weighted by Crippen LogP contribution is -1.91. The van der Waals surface area contributed by atoms with Crippen molar-refractivity contribution in [3.63, 3.8) is 0 Å². The van der Waals surface area contributed by atoms with Crippen LogP contribution >= 0.6 is 0 Å². The van der Waals surface area contributed by atoms with Crippen LogP contribution < -0.4 is 0 Å². The molecule has 0 aliphatic heterocycles. The highest BCUT2D eigenvalue weighted by molar-refractivity contribution is 5.36. The van der Waals surface area contributed by atoms with Gasteiger partial charge >= 0.3 is 0 Å². The Hall–Kier alpha value is -1.94. The fraction of sp³-hybridized carbons (Fsp3) is 0.100. The zero-order valence-corrected chi connectivity index (χ0v) is 6.94. The molecule has 0 aromatic heterocycles. The summed E-state index contributed by atoms with van der Waals surface area (Å²) in [4.78, 5) is 0. The fourth-order valence-corrected chi connectivity index (χ4v) is 0.826. The molecule has 1 nitrogen and oxygen atoms in total. The van der Waals surface area contributed by atoms with E-state index in [1.54, 1.807) is 6.07 Å². The Bertz CT molecular complexity index is 449. The third-order valence-electron chi connectivity index (χ3n) is 1.38. The maximum absolute atomic E-state index is 12.9. The molecule has 0 atom stereocenters. The molecule has 0 saturated carbocycles. The first-order chi connectivity index (χ1) is 6.65. The van der Waals surface area contributed by atoms with Gasteiger partial charge in [-0.1, -0.05) is 11.8 Å². The summed E-state index contributed by atoms with van der Waals surface area (Å²) >= 11 is 0. The fourth-order valence-electron chi connectivity index (χ4n) is 0.826. The molecule has 1 aromatic carbocycles. The topological polar surface area (TPSA) is 23.8 Å². The largest absolute Gasteiger partial charge is 0.207 e. The Balaban J connectivity index is 3.11. The molecule has 1 aromatic rings. The zero-order chi connectivity index (χ0) is 10.6.